The Morgan fingerprint density at radius 3 is 2.28 bits per heavy atom. The first-order chi connectivity index (χ1) is 17.4. The Labute approximate surface area is 212 Å². The molecular weight excluding hydrogens is 446 g/mol. The zero-order valence-electron chi connectivity index (χ0n) is 20.8. The number of hydrogen-bond acceptors (Lipinski definition) is 4. The number of hydrogen-bond donors (Lipinski definition) is 1. The first-order valence-corrected chi connectivity index (χ1v) is 12.4. The maximum atomic E-state index is 12.0. The van der Waals surface area contributed by atoms with Crippen molar-refractivity contribution in [1.29, 1.82) is 0 Å². The minimum atomic E-state index is -0.486. The van der Waals surface area contributed by atoms with Gasteiger partial charge in [0.2, 0.25) is 5.88 Å². The van der Waals surface area contributed by atoms with Gasteiger partial charge >= 0.3 is 0 Å². The lowest BCUT2D eigenvalue weighted by Gasteiger charge is -2.29. The molecule has 182 valence electrons. The van der Waals surface area contributed by atoms with Gasteiger partial charge in [-0.15, -0.1) is 0 Å². The molecule has 0 fully saturated rings. The molecule has 0 radical (unpaired) electrons. The first kappa shape index (κ1) is 23.8. The minimum Gasteiger partial charge on any atom is -0.439 e. The average molecular weight is 478 g/mol. The highest BCUT2D eigenvalue weighted by atomic mass is 16.5. The highest BCUT2D eigenvalue weighted by Crippen LogP contribution is 2.28. The number of amides is 1. The summed E-state index contributed by atoms with van der Waals surface area (Å²) >= 11 is 0. The summed E-state index contributed by atoms with van der Waals surface area (Å²) in [5, 5.41) is 0. The number of ether oxygens (including phenoxy) is 1. The predicted molar refractivity (Wildman–Crippen MR) is 142 cm³/mol. The second-order valence-corrected chi connectivity index (χ2v) is 9.65. The fourth-order valence-electron chi connectivity index (χ4n) is 4.66. The van der Waals surface area contributed by atoms with Gasteiger partial charge in [0, 0.05) is 32.1 Å². The summed E-state index contributed by atoms with van der Waals surface area (Å²) in [6.07, 6.45) is 1.49. The second-order valence-electron chi connectivity index (χ2n) is 9.65. The first-order valence-electron chi connectivity index (χ1n) is 12.4. The summed E-state index contributed by atoms with van der Waals surface area (Å²) in [5.74, 6) is 0.723. The Bertz CT molecular complexity index is 1380. The summed E-state index contributed by atoms with van der Waals surface area (Å²) in [6.45, 7) is 7.06. The molecule has 5 rings (SSSR count). The van der Waals surface area contributed by atoms with Crippen molar-refractivity contribution in [3.05, 3.63) is 124 Å². The lowest BCUT2D eigenvalue weighted by molar-refractivity contribution is 0.0999. The molecule has 36 heavy (non-hydrogen) atoms. The second kappa shape index (κ2) is 10.3. The van der Waals surface area contributed by atoms with Gasteiger partial charge < -0.3 is 10.5 Å². The standard InChI is InChI=1S/C31H31N3O2/c1-21-3-7-23(8-4-21)17-29-28(31(32)35)13-14-30(33-29)36-27-12-11-26-20-34(16-15-25(26)18-27)19-24-9-5-22(2)6-10-24/h3-14,18H,15-17,19-20H2,1-2H3,(H2,32,35). The van der Waals surface area contributed by atoms with E-state index in [2.05, 4.69) is 65.3 Å². The number of nitrogens with zero attached hydrogens (tertiary/aromatic N) is 2. The Balaban J connectivity index is 1.30. The van der Waals surface area contributed by atoms with Gasteiger partial charge in [0.25, 0.3) is 5.91 Å². The molecule has 1 aliphatic rings. The van der Waals surface area contributed by atoms with Crippen molar-refractivity contribution in [3.8, 4) is 11.6 Å². The van der Waals surface area contributed by atoms with Gasteiger partial charge in [0.1, 0.15) is 5.75 Å². The van der Waals surface area contributed by atoms with Crippen LogP contribution in [0.25, 0.3) is 0 Å². The SMILES string of the molecule is Cc1ccc(Cc2nc(Oc3ccc4c(c3)CCN(Cc3ccc(C)cc3)C4)ccc2C(N)=O)cc1. The van der Waals surface area contributed by atoms with Crippen molar-refractivity contribution in [3.63, 3.8) is 0 Å². The third-order valence-electron chi connectivity index (χ3n) is 6.72. The van der Waals surface area contributed by atoms with Gasteiger partial charge in [-0.3, -0.25) is 9.69 Å². The van der Waals surface area contributed by atoms with Gasteiger partial charge in [-0.1, -0.05) is 65.7 Å². The summed E-state index contributed by atoms with van der Waals surface area (Å²) in [6, 6.07) is 26.6. The molecule has 3 aromatic carbocycles. The number of rotatable bonds is 7. The third kappa shape index (κ3) is 5.64. The predicted octanol–water partition coefficient (Wildman–Crippen LogP) is 5.74. The van der Waals surface area contributed by atoms with E-state index in [0.717, 1.165) is 37.4 Å². The van der Waals surface area contributed by atoms with E-state index < -0.39 is 5.91 Å². The summed E-state index contributed by atoms with van der Waals surface area (Å²) < 4.78 is 6.13. The van der Waals surface area contributed by atoms with Crippen LogP contribution in [0.15, 0.2) is 78.9 Å². The molecule has 5 nitrogen and oxygen atoms in total. The summed E-state index contributed by atoms with van der Waals surface area (Å²) in [7, 11) is 0. The molecule has 5 heteroatoms. The lowest BCUT2D eigenvalue weighted by atomic mass is 9.99. The van der Waals surface area contributed by atoms with Crippen LogP contribution in [0.3, 0.4) is 0 Å². The molecule has 0 spiro atoms. The van der Waals surface area contributed by atoms with Crippen LogP contribution in [0.5, 0.6) is 11.6 Å². The van der Waals surface area contributed by atoms with Crippen LogP contribution in [-0.2, 0) is 25.9 Å². The fraction of sp³-hybridized carbons (Fsp3) is 0.226. The largest absolute Gasteiger partial charge is 0.439 e. The van der Waals surface area contributed by atoms with E-state index in [1.165, 1.54) is 27.8 Å². The van der Waals surface area contributed by atoms with E-state index in [0.29, 0.717) is 23.6 Å². The van der Waals surface area contributed by atoms with Crippen LogP contribution in [0.2, 0.25) is 0 Å². The number of fused-ring (bicyclic) bond motifs is 1. The smallest absolute Gasteiger partial charge is 0.250 e. The van der Waals surface area contributed by atoms with Crippen LogP contribution in [0.1, 0.15) is 49.4 Å². The Morgan fingerprint density at radius 2 is 1.58 bits per heavy atom. The van der Waals surface area contributed by atoms with Crippen LogP contribution in [0.4, 0.5) is 0 Å². The number of pyridine rings is 1. The number of aryl methyl sites for hydroxylation is 2. The zero-order chi connectivity index (χ0) is 25.1. The molecular formula is C31H31N3O2. The molecule has 0 atom stereocenters. The quantitative estimate of drug-likeness (QED) is 0.369. The normalized spacial score (nSPS) is 13.3. The fourth-order valence-corrected chi connectivity index (χ4v) is 4.66. The Morgan fingerprint density at radius 1 is 0.889 bits per heavy atom. The average Bonchev–Trinajstić information content (AvgIpc) is 2.87. The van der Waals surface area contributed by atoms with Gasteiger partial charge in [-0.25, -0.2) is 4.98 Å². The number of nitrogens with two attached hydrogens (primary N) is 1. The van der Waals surface area contributed by atoms with Crippen LogP contribution in [0, 0.1) is 13.8 Å². The maximum absolute atomic E-state index is 12.0. The van der Waals surface area contributed by atoms with E-state index in [1.807, 2.05) is 25.1 Å². The molecule has 0 aliphatic carbocycles. The molecule has 2 N–H and O–H groups in total. The van der Waals surface area contributed by atoms with Crippen molar-refractivity contribution >= 4 is 5.91 Å². The van der Waals surface area contributed by atoms with Gasteiger partial charge in [0.05, 0.1) is 11.3 Å². The molecule has 0 saturated carbocycles. The Hall–Kier alpha value is -3.96. The molecule has 1 aliphatic heterocycles. The van der Waals surface area contributed by atoms with E-state index >= 15 is 0 Å². The molecule has 0 saturated heterocycles. The zero-order valence-corrected chi connectivity index (χ0v) is 20.8. The summed E-state index contributed by atoms with van der Waals surface area (Å²) in [5.41, 5.74) is 14.2. The van der Waals surface area contributed by atoms with Crippen molar-refractivity contribution in [2.45, 2.75) is 39.8 Å². The molecule has 1 amide bonds. The van der Waals surface area contributed by atoms with Crippen molar-refractivity contribution in [1.82, 2.24) is 9.88 Å². The van der Waals surface area contributed by atoms with Crippen LogP contribution >= 0.6 is 0 Å². The van der Waals surface area contributed by atoms with Crippen molar-refractivity contribution in [2.24, 2.45) is 5.73 Å². The molecule has 0 unspecified atom stereocenters. The van der Waals surface area contributed by atoms with E-state index in [4.69, 9.17) is 10.5 Å². The molecule has 2 heterocycles. The number of benzene rings is 3. The van der Waals surface area contributed by atoms with Crippen LogP contribution < -0.4 is 10.5 Å². The highest BCUT2D eigenvalue weighted by Gasteiger charge is 2.18. The minimum absolute atomic E-state index is 0.419. The monoisotopic (exact) mass is 477 g/mol. The summed E-state index contributed by atoms with van der Waals surface area (Å²) in [4.78, 5) is 19.1. The van der Waals surface area contributed by atoms with Gasteiger partial charge in [-0.05, 0) is 60.7 Å². The number of primary amides is 1. The van der Waals surface area contributed by atoms with Gasteiger partial charge in [0.15, 0.2) is 0 Å². The molecule has 4 aromatic rings. The van der Waals surface area contributed by atoms with Crippen molar-refractivity contribution in [2.75, 3.05) is 6.54 Å². The van der Waals surface area contributed by atoms with Gasteiger partial charge in [-0.2, -0.15) is 0 Å². The topological polar surface area (TPSA) is 68.4 Å². The maximum Gasteiger partial charge on any atom is 0.250 e. The number of carbonyl (C=O) groups is 1. The van der Waals surface area contributed by atoms with E-state index in [-0.39, 0.29) is 0 Å². The van der Waals surface area contributed by atoms with E-state index in [1.54, 1.807) is 12.1 Å². The molecule has 1 aromatic heterocycles. The molecule has 0 bridgehead atoms. The van der Waals surface area contributed by atoms with Crippen LogP contribution in [-0.4, -0.2) is 22.3 Å². The Kier molecular flexibility index (Phi) is 6.83. The third-order valence-corrected chi connectivity index (χ3v) is 6.72. The highest BCUT2D eigenvalue weighted by molar-refractivity contribution is 5.94. The number of carbonyl (C=O) groups excluding carboxylic acids is 1. The van der Waals surface area contributed by atoms with E-state index in [9.17, 15) is 4.79 Å². The number of aromatic nitrogens is 1. The van der Waals surface area contributed by atoms with Crippen molar-refractivity contribution < 1.29 is 9.53 Å². The lowest BCUT2D eigenvalue weighted by Crippen LogP contribution is -2.30.